The first-order valence-corrected chi connectivity index (χ1v) is 6.87. The van der Waals surface area contributed by atoms with Crippen molar-refractivity contribution in [3.8, 4) is 0 Å². The van der Waals surface area contributed by atoms with Crippen molar-refractivity contribution in [3.05, 3.63) is 42.2 Å². The molecule has 7 nitrogen and oxygen atoms in total. The molecule has 1 aromatic heterocycles. The molecule has 7 heteroatoms. The van der Waals surface area contributed by atoms with Gasteiger partial charge in [0, 0.05) is 24.7 Å². The van der Waals surface area contributed by atoms with Crippen molar-refractivity contribution in [1.29, 1.82) is 0 Å². The molecule has 2 N–H and O–H groups in total. The third kappa shape index (κ3) is 2.60. The van der Waals surface area contributed by atoms with Crippen molar-refractivity contribution < 1.29 is 14.4 Å². The molecule has 3 rings (SSSR count). The molecular formula is C15H14N4O3. The molecule has 1 aliphatic rings. The van der Waals surface area contributed by atoms with Crippen LogP contribution in [0.25, 0.3) is 10.8 Å². The number of fused-ring (bicyclic) bond motifs is 1. The predicted molar refractivity (Wildman–Crippen MR) is 79.2 cm³/mol. The van der Waals surface area contributed by atoms with Gasteiger partial charge in [0.25, 0.3) is 5.91 Å². The standard InChI is InChI=1S/C15H14N4O3/c20-12-9-18-15(22)19(12)8-7-17-14(21)13-11-4-2-1-3-10(11)5-6-16-13/h1-6H,7-9H2,(H,17,21)(H,18,22). The van der Waals surface area contributed by atoms with E-state index < -0.39 is 6.03 Å². The summed E-state index contributed by atoms with van der Waals surface area (Å²) in [4.78, 5) is 40.2. The van der Waals surface area contributed by atoms with E-state index in [1.165, 1.54) is 0 Å². The van der Waals surface area contributed by atoms with Crippen LogP contribution in [0.1, 0.15) is 10.5 Å². The summed E-state index contributed by atoms with van der Waals surface area (Å²) >= 11 is 0. The van der Waals surface area contributed by atoms with E-state index in [9.17, 15) is 14.4 Å². The zero-order chi connectivity index (χ0) is 15.5. The van der Waals surface area contributed by atoms with Gasteiger partial charge in [-0.05, 0) is 11.5 Å². The van der Waals surface area contributed by atoms with Gasteiger partial charge in [-0.2, -0.15) is 0 Å². The van der Waals surface area contributed by atoms with Crippen LogP contribution < -0.4 is 10.6 Å². The summed E-state index contributed by atoms with van der Waals surface area (Å²) in [5.41, 5.74) is 0.329. The maximum atomic E-state index is 12.2. The van der Waals surface area contributed by atoms with Crippen molar-refractivity contribution in [2.24, 2.45) is 0 Å². The summed E-state index contributed by atoms with van der Waals surface area (Å²) in [7, 11) is 0. The Hall–Kier alpha value is -2.96. The normalized spacial score (nSPS) is 14.3. The van der Waals surface area contributed by atoms with Crippen LogP contribution in [0.2, 0.25) is 0 Å². The zero-order valence-electron chi connectivity index (χ0n) is 11.7. The van der Waals surface area contributed by atoms with Crippen LogP contribution in [0.4, 0.5) is 4.79 Å². The molecule has 2 heterocycles. The molecule has 4 amide bonds. The van der Waals surface area contributed by atoms with E-state index in [0.29, 0.717) is 5.69 Å². The minimum absolute atomic E-state index is 0.0116. The number of hydrogen-bond donors (Lipinski definition) is 2. The Morgan fingerprint density at radius 2 is 2.09 bits per heavy atom. The van der Waals surface area contributed by atoms with Crippen LogP contribution in [-0.2, 0) is 4.79 Å². The van der Waals surface area contributed by atoms with E-state index >= 15 is 0 Å². The lowest BCUT2D eigenvalue weighted by atomic mass is 10.1. The van der Waals surface area contributed by atoms with Crippen LogP contribution >= 0.6 is 0 Å². The van der Waals surface area contributed by atoms with Crippen LogP contribution in [0.5, 0.6) is 0 Å². The summed E-state index contributed by atoms with van der Waals surface area (Å²) < 4.78 is 0. The second kappa shape index (κ2) is 5.80. The van der Waals surface area contributed by atoms with Gasteiger partial charge in [-0.15, -0.1) is 0 Å². The Balaban J connectivity index is 1.67. The van der Waals surface area contributed by atoms with Gasteiger partial charge in [0.1, 0.15) is 5.69 Å². The number of urea groups is 1. The first-order chi connectivity index (χ1) is 10.7. The van der Waals surface area contributed by atoms with E-state index in [2.05, 4.69) is 15.6 Å². The van der Waals surface area contributed by atoms with Crippen LogP contribution in [0.3, 0.4) is 0 Å². The molecule has 22 heavy (non-hydrogen) atoms. The lowest BCUT2D eigenvalue weighted by molar-refractivity contribution is -0.124. The molecule has 112 valence electrons. The zero-order valence-corrected chi connectivity index (χ0v) is 11.7. The van der Waals surface area contributed by atoms with Gasteiger partial charge in [-0.25, -0.2) is 4.79 Å². The SMILES string of the molecule is O=C(NCCN1C(=O)CNC1=O)c1nccc2ccccc12. The first-order valence-electron chi connectivity index (χ1n) is 6.87. The van der Waals surface area contributed by atoms with E-state index in [1.807, 2.05) is 30.3 Å². The van der Waals surface area contributed by atoms with Crippen LogP contribution in [0.15, 0.2) is 36.5 Å². The summed E-state index contributed by atoms with van der Waals surface area (Å²) in [5, 5.41) is 6.80. The average molecular weight is 298 g/mol. The van der Waals surface area contributed by atoms with Crippen molar-refractivity contribution in [1.82, 2.24) is 20.5 Å². The fourth-order valence-corrected chi connectivity index (χ4v) is 2.35. The van der Waals surface area contributed by atoms with Crippen LogP contribution in [0, 0.1) is 0 Å². The second-order valence-electron chi connectivity index (χ2n) is 4.84. The number of amides is 4. The summed E-state index contributed by atoms with van der Waals surface area (Å²) in [5.74, 6) is -0.619. The predicted octanol–water partition coefficient (Wildman–Crippen LogP) is 0.516. The molecule has 0 spiro atoms. The topological polar surface area (TPSA) is 91.4 Å². The Kier molecular flexibility index (Phi) is 3.69. The van der Waals surface area contributed by atoms with E-state index in [1.54, 1.807) is 6.20 Å². The minimum atomic E-state index is -0.428. The highest BCUT2D eigenvalue weighted by atomic mass is 16.2. The average Bonchev–Trinajstić information content (AvgIpc) is 2.86. The Morgan fingerprint density at radius 3 is 2.86 bits per heavy atom. The number of benzene rings is 1. The highest BCUT2D eigenvalue weighted by Crippen LogP contribution is 2.15. The number of pyridine rings is 1. The fourth-order valence-electron chi connectivity index (χ4n) is 2.35. The highest BCUT2D eigenvalue weighted by Gasteiger charge is 2.27. The molecule has 0 unspecified atom stereocenters. The van der Waals surface area contributed by atoms with Gasteiger partial charge >= 0.3 is 6.03 Å². The lowest BCUT2D eigenvalue weighted by Crippen LogP contribution is -2.38. The molecule has 0 atom stereocenters. The first kappa shape index (κ1) is 14.0. The Morgan fingerprint density at radius 1 is 1.27 bits per heavy atom. The summed E-state index contributed by atoms with van der Waals surface area (Å²) in [6, 6.07) is 8.87. The number of aromatic nitrogens is 1. The van der Waals surface area contributed by atoms with E-state index in [-0.39, 0.29) is 31.4 Å². The molecule has 2 aromatic rings. The smallest absolute Gasteiger partial charge is 0.324 e. The van der Waals surface area contributed by atoms with Crippen molar-refractivity contribution in [2.45, 2.75) is 0 Å². The lowest BCUT2D eigenvalue weighted by Gasteiger charge is -2.13. The molecular weight excluding hydrogens is 284 g/mol. The highest BCUT2D eigenvalue weighted by molar-refractivity contribution is 6.05. The molecule has 0 aliphatic carbocycles. The molecule has 1 aromatic carbocycles. The van der Waals surface area contributed by atoms with Crippen LogP contribution in [-0.4, -0.2) is 47.4 Å². The van der Waals surface area contributed by atoms with Gasteiger partial charge in [0.05, 0.1) is 6.54 Å². The van der Waals surface area contributed by atoms with Gasteiger partial charge in [0.2, 0.25) is 5.91 Å². The minimum Gasteiger partial charge on any atom is -0.349 e. The van der Waals surface area contributed by atoms with Crippen molar-refractivity contribution in [2.75, 3.05) is 19.6 Å². The maximum absolute atomic E-state index is 12.2. The maximum Gasteiger partial charge on any atom is 0.324 e. The Labute approximate surface area is 126 Å². The van der Waals surface area contributed by atoms with Gasteiger partial charge in [-0.3, -0.25) is 19.5 Å². The van der Waals surface area contributed by atoms with Gasteiger partial charge in [0.15, 0.2) is 0 Å². The molecule has 1 fully saturated rings. The quantitative estimate of drug-likeness (QED) is 0.805. The molecule has 1 aliphatic heterocycles. The number of nitrogens with zero attached hydrogens (tertiary/aromatic N) is 2. The van der Waals surface area contributed by atoms with Crippen molar-refractivity contribution >= 4 is 28.6 Å². The molecule has 0 bridgehead atoms. The molecule has 1 saturated heterocycles. The van der Waals surface area contributed by atoms with Gasteiger partial charge < -0.3 is 10.6 Å². The number of carbonyl (C=O) groups is 3. The third-order valence-electron chi connectivity index (χ3n) is 3.45. The third-order valence-corrected chi connectivity index (χ3v) is 3.45. The number of carbonyl (C=O) groups excluding carboxylic acids is 3. The van der Waals surface area contributed by atoms with Gasteiger partial charge in [-0.1, -0.05) is 24.3 Å². The number of nitrogens with one attached hydrogen (secondary N) is 2. The second-order valence-corrected chi connectivity index (χ2v) is 4.84. The largest absolute Gasteiger partial charge is 0.349 e. The fraction of sp³-hybridized carbons (Fsp3) is 0.200. The monoisotopic (exact) mass is 298 g/mol. The number of imide groups is 1. The number of rotatable bonds is 4. The number of hydrogen-bond acceptors (Lipinski definition) is 4. The Bertz CT molecular complexity index is 738. The summed E-state index contributed by atoms with van der Waals surface area (Å²) in [6.45, 7) is 0.335. The molecule has 0 radical (unpaired) electrons. The summed E-state index contributed by atoms with van der Waals surface area (Å²) in [6.07, 6.45) is 1.58. The van der Waals surface area contributed by atoms with Crippen molar-refractivity contribution in [3.63, 3.8) is 0 Å². The molecule has 0 saturated carbocycles. The van der Waals surface area contributed by atoms with E-state index in [0.717, 1.165) is 15.7 Å². The van der Waals surface area contributed by atoms with E-state index in [4.69, 9.17) is 0 Å².